The quantitative estimate of drug-likeness (QED) is 0.825. The molecule has 0 aliphatic carbocycles. The molecule has 0 heterocycles. The Labute approximate surface area is 96.8 Å². The van der Waals surface area contributed by atoms with E-state index in [1.165, 1.54) is 0 Å². The molecule has 1 rings (SSSR count). The van der Waals surface area contributed by atoms with Crippen LogP contribution in [0.1, 0.15) is 12.5 Å². The Bertz CT molecular complexity index is 352. The lowest BCUT2D eigenvalue weighted by atomic mass is 10.2. The molecule has 1 aromatic carbocycles. The Hall–Kier alpha value is -0.540. The van der Waals surface area contributed by atoms with Crippen molar-refractivity contribution in [3.05, 3.63) is 28.2 Å². The van der Waals surface area contributed by atoms with Crippen LogP contribution in [0, 0.1) is 6.92 Å². The molecular weight excluding hydrogens is 265 g/mol. The molecule has 0 fully saturated rings. The van der Waals surface area contributed by atoms with E-state index in [0.717, 1.165) is 15.7 Å². The third kappa shape index (κ3) is 3.00. The van der Waals surface area contributed by atoms with Gasteiger partial charge in [0.2, 0.25) is 5.91 Å². The summed E-state index contributed by atoms with van der Waals surface area (Å²) in [6, 6.07) is 5.66. The summed E-state index contributed by atoms with van der Waals surface area (Å²) in [4.78, 5) is 11.3. The van der Waals surface area contributed by atoms with Crippen molar-refractivity contribution in [2.24, 2.45) is 0 Å². The highest BCUT2D eigenvalue weighted by Gasteiger charge is 2.10. The number of anilines is 1. The minimum absolute atomic E-state index is 0.183. The van der Waals surface area contributed by atoms with Crippen LogP contribution in [0.3, 0.4) is 0 Å². The highest BCUT2D eigenvalue weighted by atomic mass is 79.9. The zero-order chi connectivity index (χ0) is 10.7. The maximum Gasteiger partial charge on any atom is 0.242 e. The lowest BCUT2D eigenvalue weighted by Crippen LogP contribution is -2.20. The fraction of sp³-hybridized carbons (Fsp3) is 0.300. The van der Waals surface area contributed by atoms with Crippen molar-refractivity contribution in [3.8, 4) is 0 Å². The molecule has 1 amide bonds. The van der Waals surface area contributed by atoms with E-state index in [1.54, 1.807) is 6.92 Å². The third-order valence-corrected chi connectivity index (χ3v) is 2.50. The maximum atomic E-state index is 11.3. The molecule has 0 aliphatic rings. The number of hydrogen-bond acceptors (Lipinski definition) is 1. The van der Waals surface area contributed by atoms with Crippen LogP contribution in [-0.2, 0) is 4.79 Å². The molecule has 0 saturated carbocycles. The molecule has 0 spiro atoms. The number of halogens is 2. The Balaban J connectivity index is 2.82. The molecule has 0 unspecified atom stereocenters. The molecular formula is C10H11BrClNO. The summed E-state index contributed by atoms with van der Waals surface area (Å²) in [5.41, 5.74) is 1.80. The normalized spacial score (nSPS) is 12.3. The minimum atomic E-state index is -0.516. The first-order chi connectivity index (χ1) is 6.50. The summed E-state index contributed by atoms with van der Waals surface area (Å²) in [6.07, 6.45) is 0. The third-order valence-electron chi connectivity index (χ3n) is 1.81. The second-order valence-electron chi connectivity index (χ2n) is 3.06. The second-order valence-corrected chi connectivity index (χ2v) is 4.63. The molecule has 0 saturated heterocycles. The molecule has 0 radical (unpaired) electrons. The fourth-order valence-corrected chi connectivity index (χ4v) is 1.53. The summed E-state index contributed by atoms with van der Waals surface area (Å²) >= 11 is 8.99. The van der Waals surface area contributed by atoms with Gasteiger partial charge in [-0.25, -0.2) is 0 Å². The predicted molar refractivity (Wildman–Crippen MR) is 62.8 cm³/mol. The first kappa shape index (κ1) is 11.5. The van der Waals surface area contributed by atoms with Crippen LogP contribution in [0.25, 0.3) is 0 Å². The van der Waals surface area contributed by atoms with Gasteiger partial charge in [-0.3, -0.25) is 4.79 Å². The fourth-order valence-electron chi connectivity index (χ4n) is 1.000. The molecule has 2 nitrogen and oxygen atoms in total. The van der Waals surface area contributed by atoms with E-state index in [1.807, 2.05) is 25.1 Å². The molecule has 76 valence electrons. The van der Waals surface area contributed by atoms with Gasteiger partial charge in [0, 0.05) is 10.2 Å². The molecule has 1 atom stereocenters. The zero-order valence-electron chi connectivity index (χ0n) is 7.97. The lowest BCUT2D eigenvalue weighted by Gasteiger charge is -2.09. The number of benzene rings is 1. The second kappa shape index (κ2) is 4.80. The highest BCUT2D eigenvalue weighted by Crippen LogP contribution is 2.20. The van der Waals surface area contributed by atoms with Crippen LogP contribution in [0.2, 0.25) is 0 Å². The number of aryl methyl sites for hydroxylation is 1. The van der Waals surface area contributed by atoms with E-state index in [2.05, 4.69) is 21.2 Å². The summed E-state index contributed by atoms with van der Waals surface area (Å²) in [5, 5.41) is 2.23. The largest absolute Gasteiger partial charge is 0.325 e. The predicted octanol–water partition coefficient (Wildman–Crippen LogP) is 3.32. The summed E-state index contributed by atoms with van der Waals surface area (Å²) in [6.45, 7) is 3.57. The Morgan fingerprint density at radius 2 is 2.21 bits per heavy atom. The van der Waals surface area contributed by atoms with Gasteiger partial charge in [0.1, 0.15) is 5.38 Å². The standard InChI is InChI=1S/C10H11BrClNO/c1-6-5-8(11)3-4-9(6)13-10(14)7(2)12/h3-5,7H,1-2H3,(H,13,14)/t7-/m1/s1. The van der Waals surface area contributed by atoms with Crippen LogP contribution in [0.5, 0.6) is 0 Å². The smallest absolute Gasteiger partial charge is 0.242 e. The number of carbonyl (C=O) groups excluding carboxylic acids is 1. The zero-order valence-corrected chi connectivity index (χ0v) is 10.3. The van der Waals surface area contributed by atoms with Crippen molar-refractivity contribution in [1.29, 1.82) is 0 Å². The van der Waals surface area contributed by atoms with Gasteiger partial charge in [0.05, 0.1) is 0 Å². The Kier molecular flexibility index (Phi) is 3.96. The number of rotatable bonds is 2. The molecule has 4 heteroatoms. The maximum absolute atomic E-state index is 11.3. The van der Waals surface area contributed by atoms with Crippen LogP contribution >= 0.6 is 27.5 Å². The van der Waals surface area contributed by atoms with Crippen molar-refractivity contribution in [3.63, 3.8) is 0 Å². The first-order valence-corrected chi connectivity index (χ1v) is 5.44. The van der Waals surface area contributed by atoms with Crippen molar-refractivity contribution in [1.82, 2.24) is 0 Å². The van der Waals surface area contributed by atoms with Crippen molar-refractivity contribution < 1.29 is 4.79 Å². The van der Waals surface area contributed by atoms with Gasteiger partial charge >= 0.3 is 0 Å². The van der Waals surface area contributed by atoms with Gasteiger partial charge in [0.25, 0.3) is 0 Å². The van der Waals surface area contributed by atoms with Gasteiger partial charge in [-0.15, -0.1) is 11.6 Å². The van der Waals surface area contributed by atoms with E-state index in [-0.39, 0.29) is 5.91 Å². The number of carbonyl (C=O) groups is 1. The molecule has 1 aromatic rings. The molecule has 0 aromatic heterocycles. The van der Waals surface area contributed by atoms with Crippen molar-refractivity contribution in [2.75, 3.05) is 5.32 Å². The average Bonchev–Trinajstić information content (AvgIpc) is 2.09. The average molecular weight is 277 g/mol. The first-order valence-electron chi connectivity index (χ1n) is 4.22. The van der Waals surface area contributed by atoms with Crippen LogP contribution in [0.15, 0.2) is 22.7 Å². The number of hydrogen-bond donors (Lipinski definition) is 1. The minimum Gasteiger partial charge on any atom is -0.325 e. The summed E-state index contributed by atoms with van der Waals surface area (Å²) in [7, 11) is 0. The number of nitrogens with one attached hydrogen (secondary N) is 1. The van der Waals surface area contributed by atoms with E-state index in [0.29, 0.717) is 0 Å². The topological polar surface area (TPSA) is 29.1 Å². The van der Waals surface area contributed by atoms with Crippen molar-refractivity contribution in [2.45, 2.75) is 19.2 Å². The SMILES string of the molecule is Cc1cc(Br)ccc1NC(=O)[C@@H](C)Cl. The van der Waals surface area contributed by atoms with E-state index < -0.39 is 5.38 Å². The van der Waals surface area contributed by atoms with E-state index in [4.69, 9.17) is 11.6 Å². The Morgan fingerprint density at radius 1 is 1.57 bits per heavy atom. The van der Waals surface area contributed by atoms with E-state index >= 15 is 0 Å². The summed E-state index contributed by atoms with van der Waals surface area (Å²) < 4.78 is 0.993. The van der Waals surface area contributed by atoms with E-state index in [9.17, 15) is 4.79 Å². The van der Waals surface area contributed by atoms with Gasteiger partial charge in [0.15, 0.2) is 0 Å². The summed E-state index contributed by atoms with van der Waals surface area (Å²) in [5.74, 6) is -0.183. The Morgan fingerprint density at radius 3 is 2.71 bits per heavy atom. The lowest BCUT2D eigenvalue weighted by molar-refractivity contribution is -0.115. The molecule has 0 bridgehead atoms. The van der Waals surface area contributed by atoms with Gasteiger partial charge < -0.3 is 5.32 Å². The van der Waals surface area contributed by atoms with Gasteiger partial charge in [-0.2, -0.15) is 0 Å². The highest BCUT2D eigenvalue weighted by molar-refractivity contribution is 9.10. The van der Waals surface area contributed by atoms with Gasteiger partial charge in [-0.1, -0.05) is 15.9 Å². The van der Waals surface area contributed by atoms with Crippen LogP contribution in [-0.4, -0.2) is 11.3 Å². The van der Waals surface area contributed by atoms with Crippen LogP contribution in [0.4, 0.5) is 5.69 Å². The monoisotopic (exact) mass is 275 g/mol. The number of amides is 1. The molecule has 0 aliphatic heterocycles. The number of alkyl halides is 1. The van der Waals surface area contributed by atoms with Crippen molar-refractivity contribution >= 4 is 39.1 Å². The van der Waals surface area contributed by atoms with Crippen LogP contribution < -0.4 is 5.32 Å². The molecule has 1 N–H and O–H groups in total. The van der Waals surface area contributed by atoms with Gasteiger partial charge in [-0.05, 0) is 37.6 Å². The molecule has 14 heavy (non-hydrogen) atoms.